The number of hydrogen-bond donors (Lipinski definition) is 0. The van der Waals surface area contributed by atoms with Crippen LogP contribution in [0, 0.1) is 81.3 Å². The van der Waals surface area contributed by atoms with Crippen LogP contribution in [0.2, 0.25) is 0 Å². The summed E-state index contributed by atoms with van der Waals surface area (Å²) in [6.45, 7) is 17.9. The summed E-state index contributed by atoms with van der Waals surface area (Å²) < 4.78 is 128. The molecule has 27 nitrogen and oxygen atoms in total. The summed E-state index contributed by atoms with van der Waals surface area (Å²) >= 11 is 0. The first kappa shape index (κ1) is 108. The van der Waals surface area contributed by atoms with E-state index in [1.54, 1.807) is 18.2 Å². The summed E-state index contributed by atoms with van der Waals surface area (Å²) in [5, 5.41) is 0. The van der Waals surface area contributed by atoms with Crippen molar-refractivity contribution in [2.75, 3.05) is 19.6 Å². The zero-order valence-electron chi connectivity index (χ0n) is 79.9. The normalized spacial score (nSPS) is 30.4. The molecule has 6 bridgehead atoms. The van der Waals surface area contributed by atoms with Crippen molar-refractivity contribution in [3.63, 3.8) is 0 Å². The topological polar surface area (TPSA) is 324 Å². The van der Waals surface area contributed by atoms with Gasteiger partial charge in [-0.25, -0.2) is 48.8 Å². The van der Waals surface area contributed by atoms with Gasteiger partial charge in [0.15, 0.2) is 0 Å². The van der Waals surface area contributed by atoms with Crippen LogP contribution in [0.5, 0.6) is 34.9 Å². The number of rotatable bonds is 9. The van der Waals surface area contributed by atoms with E-state index in [1.807, 2.05) is 116 Å². The monoisotopic (exact) mass is 2010 g/mol. The Kier molecular flexibility index (Phi) is 35.8. The summed E-state index contributed by atoms with van der Waals surface area (Å²) in [4.78, 5) is 152. The van der Waals surface area contributed by atoms with Crippen molar-refractivity contribution in [2.45, 2.75) is 325 Å². The van der Waals surface area contributed by atoms with Gasteiger partial charge in [-0.15, -0.1) is 0 Å². The molecule has 3 saturated heterocycles. The van der Waals surface area contributed by atoms with Crippen molar-refractivity contribution in [3.8, 4) is 34.9 Å². The number of ether oxygens (including phenoxy) is 9. The van der Waals surface area contributed by atoms with Crippen LogP contribution in [0.25, 0.3) is 33.1 Å². The molecule has 0 spiro atoms. The Morgan fingerprint density at radius 3 is 1.09 bits per heavy atom. The van der Waals surface area contributed by atoms with Crippen LogP contribution < -0.4 is 28.4 Å². The first-order valence-electron chi connectivity index (χ1n) is 47.4. The fraction of sp³-hybridized carbons (Fsp3) is 0.670. The zero-order valence-corrected chi connectivity index (χ0v) is 84.1. The molecule has 4 aliphatic carbocycles. The van der Waals surface area contributed by atoms with E-state index >= 15 is 0 Å². The molecule has 136 heavy (non-hydrogen) atoms. The molecule has 3 radical (unpaired) electrons. The van der Waals surface area contributed by atoms with Crippen LogP contribution in [0.1, 0.15) is 249 Å². The molecular weight excluding hydrogens is 1880 g/mol. The van der Waals surface area contributed by atoms with Gasteiger partial charge in [0.1, 0.15) is 69.9 Å². The van der Waals surface area contributed by atoms with Crippen molar-refractivity contribution in [1.82, 2.24) is 44.6 Å². The second-order valence-electron chi connectivity index (χ2n) is 42.0. The summed E-state index contributed by atoms with van der Waals surface area (Å²) in [5.74, 6) is -2.87. The SMILES string of the molecule is C[C@@H]1[C@@H]2CN(C(=O)[C@H](C(C)(C)C)CC(=O)O[C@@H]3CC4CC4[C@H]3CCCCCc3nc4ccc(OC(F)F)cc4nc3O2)[C@@H]1[C-]=O.C[C@@H]1[C@@H]2CN(C(=O)[C@H](C(C)(C)C)CC(=O)O[C@]3(C)CCC[C@H]3CCCCCc3nc4ccc(OC(F)F)cc4nc3O2)[C@@H]1[C-]=O.C[C@@H]1[C@@H]2CN(C(=O)[C@H](C(C)(C)C)CC(=O)O[C@]3(C)C[C@H]3CCCCCc3nc4ccc(OC(F)F)cc4nc3O2)[C@@H]1[C-]=O.[V].[V].[V]. The molecule has 2 unspecified atom stereocenters. The second-order valence-corrected chi connectivity index (χ2v) is 42.0. The van der Waals surface area contributed by atoms with Crippen LogP contribution in [0.15, 0.2) is 54.6 Å². The third kappa shape index (κ3) is 25.5. The molecular formula is C100H126F6N9O18V3-3. The Labute approximate surface area is 826 Å². The number of nitrogens with zero attached hydrogens (tertiary/aromatic N) is 9. The van der Waals surface area contributed by atoms with Gasteiger partial charge in [-0.05, 0) is 204 Å². The van der Waals surface area contributed by atoms with Gasteiger partial charge in [-0.2, -0.15) is 26.3 Å². The maximum Gasteiger partial charge on any atom is 0.387 e. The van der Waals surface area contributed by atoms with Gasteiger partial charge in [-0.1, -0.05) is 140 Å². The van der Waals surface area contributed by atoms with Crippen LogP contribution in [0.4, 0.5) is 26.3 Å². The van der Waals surface area contributed by atoms with E-state index in [0.29, 0.717) is 87.2 Å². The van der Waals surface area contributed by atoms with Crippen LogP contribution in [0.3, 0.4) is 0 Å². The minimum atomic E-state index is -2.98. The molecule has 16 rings (SSSR count). The number of halogens is 6. The predicted molar refractivity (Wildman–Crippen MR) is 476 cm³/mol. The zero-order chi connectivity index (χ0) is 95.7. The quantitative estimate of drug-likeness (QED) is 0.0562. The number of benzene rings is 3. The van der Waals surface area contributed by atoms with Crippen LogP contribution >= 0.6 is 0 Å². The average molecular weight is 2010 g/mol. The van der Waals surface area contributed by atoms with Gasteiger partial charge in [0.05, 0.1) is 89.8 Å². The molecule has 739 valence electrons. The van der Waals surface area contributed by atoms with E-state index < -0.39 is 131 Å². The molecule has 7 fully saturated rings. The third-order valence-corrected chi connectivity index (χ3v) is 29.6. The number of amides is 3. The minimum Gasteiger partial charge on any atom is -0.540 e. The van der Waals surface area contributed by atoms with Crippen LogP contribution in [-0.4, -0.2) is 192 Å². The largest absolute Gasteiger partial charge is 0.540 e. The Morgan fingerprint density at radius 2 is 0.735 bits per heavy atom. The number of aromatic nitrogens is 6. The maximum atomic E-state index is 14.1. The Hall–Kier alpha value is -8.36. The number of esters is 3. The third-order valence-electron chi connectivity index (χ3n) is 29.6. The molecule has 6 aliphatic heterocycles. The molecule has 20 atom stereocenters. The molecule has 3 amide bonds. The van der Waals surface area contributed by atoms with E-state index in [4.69, 9.17) is 43.4 Å². The fourth-order valence-corrected chi connectivity index (χ4v) is 21.3. The van der Waals surface area contributed by atoms with Gasteiger partial charge in [0.2, 0.25) is 35.4 Å². The van der Waals surface area contributed by atoms with Gasteiger partial charge in [0, 0.05) is 79.8 Å². The molecule has 36 heteroatoms. The Bertz CT molecular complexity index is 5160. The molecule has 3 aromatic heterocycles. The van der Waals surface area contributed by atoms with E-state index in [-0.39, 0.29) is 171 Å². The Balaban J connectivity index is 0.000000194. The molecule has 9 heterocycles. The second kappa shape index (κ2) is 45.1. The van der Waals surface area contributed by atoms with Gasteiger partial charge >= 0.3 is 37.7 Å². The number of aryl methyl sites for hydroxylation is 3. The summed E-state index contributed by atoms with van der Waals surface area (Å²) in [6, 6.07) is 10.6. The van der Waals surface area contributed by atoms with Gasteiger partial charge in [-0.3, -0.25) is 28.8 Å². The average Bonchev–Trinajstić information content (AvgIpc) is 1.60. The predicted octanol–water partition coefficient (Wildman–Crippen LogP) is 17.3. The van der Waals surface area contributed by atoms with Crippen LogP contribution in [-0.2, 0) is 132 Å². The minimum absolute atomic E-state index is 0. The summed E-state index contributed by atoms with van der Waals surface area (Å²) in [6.07, 6.45) is 22.3. The number of fused-ring (bicyclic) bond motifs is 17. The molecule has 10 aliphatic rings. The van der Waals surface area contributed by atoms with Gasteiger partial charge < -0.3 is 71.7 Å². The van der Waals surface area contributed by atoms with Crippen molar-refractivity contribution in [3.05, 3.63) is 71.7 Å². The molecule has 0 N–H and O–H groups in total. The number of hydrogen-bond acceptors (Lipinski definition) is 24. The number of carbonyl (C=O) groups is 6. The van der Waals surface area contributed by atoms with E-state index in [1.165, 1.54) is 57.5 Å². The van der Waals surface area contributed by atoms with Crippen molar-refractivity contribution >= 4 is 87.6 Å². The smallest absolute Gasteiger partial charge is 0.387 e. The first-order valence-corrected chi connectivity index (χ1v) is 47.4. The number of alkyl halides is 6. The Morgan fingerprint density at radius 1 is 0.397 bits per heavy atom. The molecule has 3 aromatic carbocycles. The molecule has 6 aromatic rings. The van der Waals surface area contributed by atoms with Crippen molar-refractivity contribution in [1.29, 1.82) is 0 Å². The van der Waals surface area contributed by atoms with Crippen molar-refractivity contribution in [2.24, 2.45) is 81.3 Å². The van der Waals surface area contributed by atoms with E-state index in [9.17, 15) is 69.5 Å². The van der Waals surface area contributed by atoms with Gasteiger partial charge in [0.25, 0.3) is 0 Å². The summed E-state index contributed by atoms with van der Waals surface area (Å²) in [5.41, 5.74) is 1.63. The number of carbonyl (C=O) groups excluding carboxylic acids is 9. The van der Waals surface area contributed by atoms with E-state index in [2.05, 4.69) is 29.2 Å². The van der Waals surface area contributed by atoms with Crippen molar-refractivity contribution < 1.29 is 168 Å². The molecule has 4 saturated carbocycles. The fourth-order valence-electron chi connectivity index (χ4n) is 21.3. The van der Waals surface area contributed by atoms with E-state index in [0.717, 1.165) is 109 Å². The maximum absolute atomic E-state index is 14.1. The summed E-state index contributed by atoms with van der Waals surface area (Å²) in [7, 11) is 0. The first-order chi connectivity index (χ1) is 63.0. The standard InChI is InChI=1S/C34H42F2N3O6.C34H44F2N3O6.C32H40F2N3O6.3V/c1-18-27(17-40)39-16-29(18)45-31-25(37-24-11-10-20(43-33(35)36)14-26(24)38-31)9-7-5-6-8-21-22-12-19(22)13-28(21)44-30(41)15-23(32(39)42)34(2,3)4;1-20-27(19-40)39-18-28(20)44-30-25(37-24-14-13-22(43-32(35)36)16-26(24)38-30)12-8-6-7-10-21-11-9-15-34(21,5)45-29(41)17-23(31(39)42)33(2,3)4;1-18-25(17-38)37-16-26(18)42-28-23(35-22-12-11-20(41-30(33)34)13-24(22)36-28)10-8-6-7-9-19-15-32(19,5)43-27(39)14-21(29(37)40)31(2,3)4;;;/h10-11,14,18-19,21-23,27-29,33H,5-9,12-13,15-16H2,1-4H3;13-14,16,20-21,23,27-28,32H,6-12,15,17-18H2,1-5H3;11-13,18-19,21,25-26,30H,6-10,14-16H2,1-5H3;;;/q3*-1;;;/t18-,19?,21+,22?,23+,27+,28+,29-;20-,21+,23+,27+,28-,34+;18-,19+,21+,25+,26-,32+;;;/m000.../s1.